The lowest BCUT2D eigenvalue weighted by Crippen LogP contribution is -2.04. The molecule has 0 radical (unpaired) electrons. The van der Waals surface area contributed by atoms with E-state index in [4.69, 9.17) is 9.84 Å². The molecule has 0 fully saturated rings. The Morgan fingerprint density at radius 1 is 1.44 bits per heavy atom. The van der Waals surface area contributed by atoms with E-state index in [0.29, 0.717) is 23.4 Å². The van der Waals surface area contributed by atoms with Gasteiger partial charge in [-0.05, 0) is 59.9 Å². The van der Waals surface area contributed by atoms with Crippen molar-refractivity contribution in [2.24, 2.45) is 0 Å². The summed E-state index contributed by atoms with van der Waals surface area (Å²) in [6.45, 7) is 1.88. The van der Waals surface area contributed by atoms with E-state index in [-0.39, 0.29) is 18.8 Å². The molecule has 140 valence electrons. The number of carboxylic acids is 1. The number of rotatable bonds is 7. The van der Waals surface area contributed by atoms with Gasteiger partial charge in [0.25, 0.3) is 0 Å². The molecule has 27 heavy (non-hydrogen) atoms. The molecule has 0 spiro atoms. The molecule has 0 amide bonds. The van der Waals surface area contributed by atoms with Gasteiger partial charge in [-0.1, -0.05) is 24.3 Å². The largest absolute Gasteiger partial charge is 0.486 e. The van der Waals surface area contributed by atoms with Crippen molar-refractivity contribution in [1.82, 2.24) is 4.37 Å². The maximum atomic E-state index is 14.6. The highest BCUT2D eigenvalue weighted by Gasteiger charge is 2.16. The van der Waals surface area contributed by atoms with Gasteiger partial charge in [0.1, 0.15) is 14.5 Å². The molecule has 1 aromatic heterocycles. The zero-order chi connectivity index (χ0) is 19.4. The number of nitrogens with zero attached hydrogens (tertiary/aromatic N) is 1. The quantitative estimate of drug-likeness (QED) is 0.734. The number of allylic oxidation sites excluding steroid dienone is 4. The number of ether oxygens (including phenoxy) is 1. The number of halogens is 1. The third kappa shape index (κ3) is 4.66. The summed E-state index contributed by atoms with van der Waals surface area (Å²) in [7, 11) is 2.17. The summed E-state index contributed by atoms with van der Waals surface area (Å²) in [5.41, 5.74) is 4.01. The first kappa shape index (κ1) is 19.4. The minimum atomic E-state index is -0.895. The molecule has 2 aromatic rings. The Morgan fingerprint density at radius 3 is 2.96 bits per heavy atom. The second-order valence-corrected chi connectivity index (χ2v) is 7.39. The molecule has 1 heterocycles. The third-order valence-electron chi connectivity index (χ3n) is 4.68. The number of aromatic nitrogens is 1. The van der Waals surface area contributed by atoms with Crippen molar-refractivity contribution in [1.29, 1.82) is 0 Å². The van der Waals surface area contributed by atoms with Crippen LogP contribution in [0, 0.1) is 12.7 Å². The Labute approximate surface area is 163 Å². The summed E-state index contributed by atoms with van der Waals surface area (Å²) in [5, 5.41) is 10.7. The Hall–Kier alpha value is -2.41. The number of hydrogen-bond acceptors (Lipinski definition) is 4. The highest BCUT2D eigenvalue weighted by Crippen LogP contribution is 2.30. The number of benzene rings is 1. The smallest absolute Gasteiger partial charge is 0.303 e. The number of aryl methyl sites for hydroxylation is 1. The van der Waals surface area contributed by atoms with E-state index in [1.54, 1.807) is 19.1 Å². The molecule has 0 bridgehead atoms. The Kier molecular flexibility index (Phi) is 6.11. The van der Waals surface area contributed by atoms with Crippen LogP contribution < -0.4 is 4.74 Å². The summed E-state index contributed by atoms with van der Waals surface area (Å²) in [6.07, 6.45) is 7.68. The van der Waals surface area contributed by atoms with Crippen molar-refractivity contribution in [3.8, 4) is 5.75 Å². The summed E-state index contributed by atoms with van der Waals surface area (Å²) in [4.78, 5) is 10.7. The summed E-state index contributed by atoms with van der Waals surface area (Å²) < 4.78 is 24.8. The molecule has 1 aliphatic carbocycles. The molecule has 1 N–H and O–H groups in total. The fourth-order valence-electron chi connectivity index (χ4n) is 2.98. The van der Waals surface area contributed by atoms with Crippen LogP contribution in [-0.4, -0.2) is 23.3 Å². The molecule has 1 unspecified atom stereocenters. The van der Waals surface area contributed by atoms with Gasteiger partial charge in [0.2, 0.25) is 0 Å². The van der Waals surface area contributed by atoms with Crippen LogP contribution in [0.1, 0.15) is 35.2 Å². The molecular weight excluding hydrogens is 364 g/mol. The normalized spacial score (nSPS) is 16.2. The van der Waals surface area contributed by atoms with Crippen molar-refractivity contribution in [3.63, 3.8) is 0 Å². The van der Waals surface area contributed by atoms with E-state index in [1.807, 2.05) is 5.38 Å². The van der Waals surface area contributed by atoms with E-state index in [1.165, 1.54) is 11.5 Å². The topological polar surface area (TPSA) is 59.4 Å². The van der Waals surface area contributed by atoms with Crippen molar-refractivity contribution >= 4 is 30.9 Å². The van der Waals surface area contributed by atoms with E-state index in [9.17, 15) is 9.18 Å². The molecule has 0 aliphatic heterocycles. The van der Waals surface area contributed by atoms with Gasteiger partial charge in [-0.2, -0.15) is 4.37 Å². The standard InChI is InChI=1S/C20H21BFNO3S/c1-12-13(5-9-18(24)25)4-8-17(19(12)22)26-10-15-11-27-23-20(15)14-2-6-16(21)7-3-14/h2-4,6,8,11,16H,5,7,9-10,21H2,1H3,(H,24,25). The average Bonchev–Trinajstić information content (AvgIpc) is 3.11. The summed E-state index contributed by atoms with van der Waals surface area (Å²) in [6, 6.07) is 3.30. The number of hydrogen-bond donors (Lipinski definition) is 1. The monoisotopic (exact) mass is 385 g/mol. The second-order valence-electron chi connectivity index (χ2n) is 6.76. The Bertz CT molecular complexity index is 907. The van der Waals surface area contributed by atoms with Crippen LogP contribution in [0.2, 0.25) is 5.82 Å². The highest BCUT2D eigenvalue weighted by molar-refractivity contribution is 7.03. The first-order chi connectivity index (χ1) is 13.0. The molecule has 7 heteroatoms. The van der Waals surface area contributed by atoms with Crippen molar-refractivity contribution in [3.05, 3.63) is 63.9 Å². The van der Waals surface area contributed by atoms with Crippen LogP contribution in [0.5, 0.6) is 5.75 Å². The summed E-state index contributed by atoms with van der Waals surface area (Å²) >= 11 is 1.36. The maximum absolute atomic E-state index is 14.6. The fraction of sp³-hybridized carbons (Fsp3) is 0.300. The maximum Gasteiger partial charge on any atom is 0.303 e. The van der Waals surface area contributed by atoms with Gasteiger partial charge in [0.15, 0.2) is 11.6 Å². The number of carbonyl (C=O) groups is 1. The first-order valence-electron chi connectivity index (χ1n) is 8.90. The SMILES string of the molecule is BC1C=CC(c2nscc2COc2ccc(CCC(=O)O)c(C)c2F)=CC1. The second kappa shape index (κ2) is 8.52. The molecule has 1 aromatic carbocycles. The first-order valence-corrected chi connectivity index (χ1v) is 9.74. The van der Waals surface area contributed by atoms with Gasteiger partial charge in [-0.15, -0.1) is 0 Å². The Morgan fingerprint density at radius 2 is 2.26 bits per heavy atom. The van der Waals surface area contributed by atoms with Gasteiger partial charge in [-0.3, -0.25) is 4.79 Å². The van der Waals surface area contributed by atoms with Crippen LogP contribution in [-0.2, 0) is 17.8 Å². The zero-order valence-electron chi connectivity index (χ0n) is 15.4. The van der Waals surface area contributed by atoms with Gasteiger partial charge in [0, 0.05) is 17.4 Å². The van der Waals surface area contributed by atoms with E-state index >= 15 is 0 Å². The predicted molar refractivity (Wildman–Crippen MR) is 108 cm³/mol. The minimum Gasteiger partial charge on any atom is -0.486 e. The van der Waals surface area contributed by atoms with Crippen LogP contribution in [0.25, 0.3) is 5.57 Å². The lowest BCUT2D eigenvalue weighted by Gasteiger charge is -2.13. The van der Waals surface area contributed by atoms with Crippen molar-refractivity contribution in [2.45, 2.75) is 38.6 Å². The minimum absolute atomic E-state index is 0.0222. The average molecular weight is 385 g/mol. The van der Waals surface area contributed by atoms with Crippen LogP contribution in [0.15, 0.2) is 35.7 Å². The van der Waals surface area contributed by atoms with E-state index in [2.05, 4.69) is 30.4 Å². The van der Waals surface area contributed by atoms with Crippen LogP contribution in [0.3, 0.4) is 0 Å². The van der Waals surface area contributed by atoms with Crippen LogP contribution >= 0.6 is 11.5 Å². The summed E-state index contributed by atoms with van der Waals surface area (Å²) in [5.74, 6) is -0.629. The van der Waals surface area contributed by atoms with Crippen molar-refractivity contribution < 1.29 is 19.0 Å². The fourth-order valence-corrected chi connectivity index (χ4v) is 3.67. The molecule has 0 saturated heterocycles. The molecule has 4 nitrogen and oxygen atoms in total. The number of aliphatic carboxylic acids is 1. The predicted octanol–water partition coefficient (Wildman–Crippen LogP) is 3.95. The molecular formula is C20H21BFNO3S. The van der Waals surface area contributed by atoms with E-state index in [0.717, 1.165) is 23.3 Å². The van der Waals surface area contributed by atoms with Gasteiger partial charge in [0.05, 0.1) is 5.69 Å². The highest BCUT2D eigenvalue weighted by atomic mass is 32.1. The third-order valence-corrected chi connectivity index (χ3v) is 5.36. The molecule has 3 rings (SSSR count). The lowest BCUT2D eigenvalue weighted by atomic mass is 9.80. The van der Waals surface area contributed by atoms with Gasteiger partial charge < -0.3 is 9.84 Å². The van der Waals surface area contributed by atoms with Gasteiger partial charge in [-0.25, -0.2) is 4.39 Å². The number of carboxylic acid groups (broad SMARTS) is 1. The van der Waals surface area contributed by atoms with E-state index < -0.39 is 11.8 Å². The molecule has 0 saturated carbocycles. The lowest BCUT2D eigenvalue weighted by molar-refractivity contribution is -0.136. The Balaban J connectivity index is 1.71. The van der Waals surface area contributed by atoms with Gasteiger partial charge >= 0.3 is 5.97 Å². The molecule has 1 atom stereocenters. The molecule has 1 aliphatic rings. The van der Waals surface area contributed by atoms with Crippen LogP contribution in [0.4, 0.5) is 4.39 Å². The van der Waals surface area contributed by atoms with Crippen molar-refractivity contribution in [2.75, 3.05) is 0 Å². The zero-order valence-corrected chi connectivity index (χ0v) is 16.2.